The summed E-state index contributed by atoms with van der Waals surface area (Å²) in [7, 11) is 0. The van der Waals surface area contributed by atoms with Gasteiger partial charge in [0.25, 0.3) is 0 Å². The SMILES string of the molecule is C=C(N)NCCCC(NC(=O)C(NC(=O)CCOCCCCCOCCNC(=O)CCOCCOCCCCCNC(=O)C(CCCCN)NC(C)=O)C(C)C)C(=O)NC(CSC(C)C)C(C)=O. The zero-order valence-corrected chi connectivity index (χ0v) is 42.9. The van der Waals surface area contributed by atoms with E-state index in [2.05, 4.69) is 43.8 Å². The summed E-state index contributed by atoms with van der Waals surface area (Å²) in [5, 5.41) is 20.0. The molecule has 0 aliphatic carbocycles. The van der Waals surface area contributed by atoms with Crippen LogP contribution in [0.3, 0.4) is 0 Å². The van der Waals surface area contributed by atoms with E-state index in [0.29, 0.717) is 91.0 Å². The second kappa shape index (κ2) is 41.9. The number of nitrogens with two attached hydrogens (primary N) is 2. The Morgan fingerprint density at radius 1 is 0.529 bits per heavy atom. The van der Waals surface area contributed by atoms with Crippen LogP contribution in [0, 0.1) is 5.92 Å². The topological polar surface area (TPSA) is 293 Å². The highest BCUT2D eigenvalue weighted by atomic mass is 32.2. The van der Waals surface area contributed by atoms with Crippen molar-refractivity contribution in [3.8, 4) is 0 Å². The van der Waals surface area contributed by atoms with Crippen LogP contribution in [0.5, 0.6) is 0 Å². The summed E-state index contributed by atoms with van der Waals surface area (Å²) in [5.41, 5.74) is 11.1. The van der Waals surface area contributed by atoms with Gasteiger partial charge in [-0.25, -0.2) is 0 Å². The molecule has 0 heterocycles. The number of unbranched alkanes of at least 4 members (excludes halogenated alkanes) is 5. The zero-order valence-electron chi connectivity index (χ0n) is 42.1. The summed E-state index contributed by atoms with van der Waals surface area (Å²) in [4.78, 5) is 87.8. The summed E-state index contributed by atoms with van der Waals surface area (Å²) >= 11 is 1.55. The molecule has 0 aliphatic heterocycles. The number of carbonyl (C=O) groups is 7. The van der Waals surface area contributed by atoms with Crippen LogP contribution in [0.4, 0.5) is 0 Å². The van der Waals surface area contributed by atoms with Gasteiger partial charge < -0.3 is 67.6 Å². The molecule has 0 radical (unpaired) electrons. The zero-order chi connectivity index (χ0) is 51.0. The van der Waals surface area contributed by atoms with E-state index in [9.17, 15) is 33.6 Å². The van der Waals surface area contributed by atoms with Crippen molar-refractivity contribution in [1.29, 1.82) is 0 Å². The maximum absolute atomic E-state index is 13.5. The lowest BCUT2D eigenvalue weighted by Crippen LogP contribution is -2.57. The van der Waals surface area contributed by atoms with Crippen LogP contribution in [-0.4, -0.2) is 155 Å². The van der Waals surface area contributed by atoms with Gasteiger partial charge in [-0.05, 0) is 95.3 Å². The Hall–Kier alpha value is -4.02. The average Bonchev–Trinajstić information content (AvgIpc) is 3.27. The van der Waals surface area contributed by atoms with Crippen molar-refractivity contribution in [2.45, 2.75) is 154 Å². The molecular formula is C47H89N9O11S. The third-order valence-corrected chi connectivity index (χ3v) is 11.4. The number of rotatable bonds is 45. The third-order valence-electron chi connectivity index (χ3n) is 10.2. The van der Waals surface area contributed by atoms with E-state index in [1.807, 2.05) is 13.8 Å². The van der Waals surface area contributed by atoms with Crippen LogP contribution in [0.2, 0.25) is 0 Å². The normalized spacial score (nSPS) is 13.0. The first kappa shape index (κ1) is 64.0. The maximum atomic E-state index is 13.5. The predicted molar refractivity (Wildman–Crippen MR) is 266 cm³/mol. The molecule has 0 aromatic heterocycles. The molecule has 20 nitrogen and oxygen atoms in total. The molecule has 0 rings (SSSR count). The monoisotopic (exact) mass is 988 g/mol. The number of amides is 6. The van der Waals surface area contributed by atoms with Gasteiger partial charge in [0.2, 0.25) is 35.4 Å². The summed E-state index contributed by atoms with van der Waals surface area (Å²) in [6.45, 7) is 19.3. The lowest BCUT2D eigenvalue weighted by Gasteiger charge is -2.26. The average molecular weight is 988 g/mol. The Bertz CT molecular complexity index is 1440. The van der Waals surface area contributed by atoms with E-state index in [-0.39, 0.29) is 72.3 Å². The highest BCUT2D eigenvalue weighted by Gasteiger charge is 2.30. The fraction of sp³-hybridized carbons (Fsp3) is 0.809. The van der Waals surface area contributed by atoms with Crippen LogP contribution in [-0.2, 0) is 52.5 Å². The Morgan fingerprint density at radius 2 is 1.07 bits per heavy atom. The van der Waals surface area contributed by atoms with Crippen LogP contribution < -0.4 is 48.7 Å². The summed E-state index contributed by atoms with van der Waals surface area (Å²) in [6.07, 6.45) is 8.21. The van der Waals surface area contributed by atoms with Gasteiger partial charge >= 0.3 is 0 Å². The van der Waals surface area contributed by atoms with Crippen molar-refractivity contribution in [3.63, 3.8) is 0 Å². The van der Waals surface area contributed by atoms with E-state index in [1.165, 1.54) is 13.8 Å². The molecule has 0 saturated heterocycles. The van der Waals surface area contributed by atoms with Gasteiger partial charge in [-0.2, -0.15) is 11.8 Å². The number of hydrogen-bond donors (Lipinski definition) is 9. The maximum Gasteiger partial charge on any atom is 0.243 e. The van der Waals surface area contributed by atoms with E-state index >= 15 is 0 Å². The van der Waals surface area contributed by atoms with Crippen molar-refractivity contribution in [1.82, 2.24) is 37.2 Å². The molecule has 68 heavy (non-hydrogen) atoms. The molecular weight excluding hydrogens is 899 g/mol. The van der Waals surface area contributed by atoms with Gasteiger partial charge in [-0.3, -0.25) is 33.6 Å². The van der Waals surface area contributed by atoms with E-state index in [4.69, 9.17) is 30.4 Å². The fourth-order valence-electron chi connectivity index (χ4n) is 6.33. The van der Waals surface area contributed by atoms with Gasteiger partial charge in [0, 0.05) is 65.0 Å². The highest BCUT2D eigenvalue weighted by molar-refractivity contribution is 7.99. The number of nitrogens with one attached hydrogen (secondary N) is 7. The van der Waals surface area contributed by atoms with Crippen molar-refractivity contribution >= 4 is 53.0 Å². The molecule has 0 aromatic carbocycles. The van der Waals surface area contributed by atoms with Crippen molar-refractivity contribution < 1.29 is 52.5 Å². The largest absolute Gasteiger partial charge is 0.386 e. The molecule has 0 spiro atoms. The Kier molecular flexibility index (Phi) is 39.4. The molecule has 0 fully saturated rings. The number of carbonyl (C=O) groups excluding carboxylic acids is 7. The summed E-state index contributed by atoms with van der Waals surface area (Å²) < 4.78 is 22.4. The number of Topliss-reactive ketones (excluding diaryl/α,β-unsaturated/α-hetero) is 1. The molecule has 0 aliphatic rings. The lowest BCUT2D eigenvalue weighted by molar-refractivity contribution is -0.134. The Morgan fingerprint density at radius 3 is 1.66 bits per heavy atom. The summed E-state index contributed by atoms with van der Waals surface area (Å²) in [5.74, 6) is -1.59. The van der Waals surface area contributed by atoms with Crippen LogP contribution in [0.15, 0.2) is 12.4 Å². The molecule has 11 N–H and O–H groups in total. The van der Waals surface area contributed by atoms with Gasteiger partial charge in [-0.15, -0.1) is 0 Å². The van der Waals surface area contributed by atoms with Crippen molar-refractivity contribution in [3.05, 3.63) is 12.4 Å². The second-order valence-electron chi connectivity index (χ2n) is 17.2. The molecule has 394 valence electrons. The minimum atomic E-state index is -0.940. The quantitative estimate of drug-likeness (QED) is 0.0393. The van der Waals surface area contributed by atoms with Gasteiger partial charge in [0.1, 0.15) is 18.1 Å². The van der Waals surface area contributed by atoms with Crippen molar-refractivity contribution in [2.75, 3.05) is 84.8 Å². The van der Waals surface area contributed by atoms with Crippen LogP contribution >= 0.6 is 11.8 Å². The summed E-state index contributed by atoms with van der Waals surface area (Å²) in [6, 6.07) is -3.06. The molecule has 4 atom stereocenters. The van der Waals surface area contributed by atoms with Gasteiger partial charge in [0.05, 0.1) is 44.9 Å². The minimum Gasteiger partial charge on any atom is -0.386 e. The second-order valence-corrected chi connectivity index (χ2v) is 18.9. The molecule has 21 heteroatoms. The molecule has 0 bridgehead atoms. The first-order chi connectivity index (χ1) is 32.5. The molecule has 0 aromatic rings. The predicted octanol–water partition coefficient (Wildman–Crippen LogP) is 1.68. The standard InChI is InChI=1S/C47H89N9O11S/c1-34(2)44(47(63)54-40(18-16-23-50-37(6)49)46(62)55-41(36(5)57)33-68-35(3)4)56-43(60)20-29-64-25-14-9-15-26-65-30-24-51-42(59)19-28-67-32-31-66-27-13-8-12-22-52-45(61)39(53-38(7)58)17-10-11-21-48/h34-35,39-41,44,50H,6,8-33,48-49H2,1-5,7H3,(H,51,59)(H,52,61)(H,53,58)(H,54,63)(H,55,62)(H,56,60). The molecule has 0 saturated carbocycles. The van der Waals surface area contributed by atoms with Crippen molar-refractivity contribution in [2.24, 2.45) is 17.4 Å². The van der Waals surface area contributed by atoms with E-state index < -0.39 is 36.0 Å². The molecule has 6 amide bonds. The van der Waals surface area contributed by atoms with Gasteiger partial charge in [-0.1, -0.05) is 34.3 Å². The first-order valence-corrected chi connectivity index (χ1v) is 25.6. The number of thioether (sulfide) groups is 1. The highest BCUT2D eigenvalue weighted by Crippen LogP contribution is 2.12. The Balaban J connectivity index is 4.14. The van der Waals surface area contributed by atoms with Gasteiger partial charge in [0.15, 0.2) is 5.78 Å². The lowest BCUT2D eigenvalue weighted by atomic mass is 10.0. The van der Waals surface area contributed by atoms with E-state index in [1.54, 1.807) is 25.6 Å². The number of ether oxygens (including phenoxy) is 4. The van der Waals surface area contributed by atoms with E-state index in [0.717, 1.165) is 51.4 Å². The molecule has 4 unspecified atom stereocenters. The Labute approximate surface area is 410 Å². The smallest absolute Gasteiger partial charge is 0.243 e. The number of ketones is 1. The van der Waals surface area contributed by atoms with Crippen LogP contribution in [0.1, 0.15) is 125 Å². The third kappa shape index (κ3) is 36.9. The first-order valence-electron chi connectivity index (χ1n) is 24.5. The number of hydrogen-bond acceptors (Lipinski definition) is 15. The fourth-order valence-corrected chi connectivity index (χ4v) is 7.22. The minimum absolute atomic E-state index is 0.0618. The van der Waals surface area contributed by atoms with Crippen LogP contribution in [0.25, 0.3) is 0 Å².